The molecule has 26 heavy (non-hydrogen) atoms. The molecule has 5 heteroatoms. The van der Waals surface area contributed by atoms with E-state index >= 15 is 0 Å². The quantitative estimate of drug-likeness (QED) is 0.219. The van der Waals surface area contributed by atoms with Gasteiger partial charge in [-0.2, -0.15) is 0 Å². The molecule has 0 aliphatic heterocycles. The zero-order chi connectivity index (χ0) is 19.3. The Balaban J connectivity index is 2.54. The first kappa shape index (κ1) is 22.1. The van der Waals surface area contributed by atoms with Crippen LogP contribution in [-0.4, -0.2) is 35.6 Å². The Morgan fingerprint density at radius 2 is 1.81 bits per heavy atom. The van der Waals surface area contributed by atoms with E-state index in [-0.39, 0.29) is 0 Å². The van der Waals surface area contributed by atoms with E-state index in [0.29, 0.717) is 12.8 Å². The van der Waals surface area contributed by atoms with Crippen LogP contribution in [0.3, 0.4) is 0 Å². The summed E-state index contributed by atoms with van der Waals surface area (Å²) in [4.78, 5) is 23.8. The fourth-order valence-electron chi connectivity index (χ4n) is 2.65. The van der Waals surface area contributed by atoms with Crippen molar-refractivity contribution in [3.8, 4) is 0 Å². The minimum absolute atomic E-state index is 0.433. The third-order valence-corrected chi connectivity index (χ3v) is 4.35. The number of amides is 1. The van der Waals surface area contributed by atoms with Crippen molar-refractivity contribution >= 4 is 18.3 Å². The molecular weight excluding hydrogens is 328 g/mol. The molecule has 0 heterocycles. The van der Waals surface area contributed by atoms with E-state index < -0.39 is 17.7 Å². The Morgan fingerprint density at radius 1 is 1.15 bits per heavy atom. The summed E-state index contributed by atoms with van der Waals surface area (Å²) < 4.78 is 0. The molecule has 5 nitrogen and oxygen atoms in total. The van der Waals surface area contributed by atoms with Crippen molar-refractivity contribution in [3.63, 3.8) is 0 Å². The number of nitrogens with one attached hydrogen (secondary N) is 2. The Kier molecular flexibility index (Phi) is 10.5. The molecule has 0 fully saturated rings. The third kappa shape index (κ3) is 7.93. The first-order chi connectivity index (χ1) is 12.5. The van der Waals surface area contributed by atoms with Gasteiger partial charge < -0.3 is 10.4 Å². The standard InChI is InChI=1S/C21H32N2O3/c1-3-4-5-6-7-11-16-22-21(17-24,18(2)25)23-20(26)15-14-19-12-9-8-10-13-19/h8-10,12-15,17-18,22,25H,3-7,11,16H2,1-2H3,(H,23,26)/b15-14+/t18-,21-/m1/s1. The minimum Gasteiger partial charge on any atom is -0.389 e. The van der Waals surface area contributed by atoms with Crippen LogP contribution < -0.4 is 10.6 Å². The molecule has 1 amide bonds. The lowest BCUT2D eigenvalue weighted by atomic mass is 10.0. The summed E-state index contributed by atoms with van der Waals surface area (Å²) in [6.07, 6.45) is 9.32. The van der Waals surface area contributed by atoms with E-state index in [0.717, 1.165) is 24.8 Å². The first-order valence-corrected chi connectivity index (χ1v) is 9.48. The van der Waals surface area contributed by atoms with Crippen molar-refractivity contribution in [1.82, 2.24) is 10.6 Å². The molecule has 0 radical (unpaired) electrons. The van der Waals surface area contributed by atoms with Gasteiger partial charge >= 0.3 is 0 Å². The first-order valence-electron chi connectivity index (χ1n) is 9.48. The molecule has 144 valence electrons. The van der Waals surface area contributed by atoms with Crippen molar-refractivity contribution < 1.29 is 14.7 Å². The van der Waals surface area contributed by atoms with Crippen LogP contribution in [-0.2, 0) is 9.59 Å². The van der Waals surface area contributed by atoms with Gasteiger partial charge in [0.2, 0.25) is 5.91 Å². The third-order valence-electron chi connectivity index (χ3n) is 4.35. The highest BCUT2D eigenvalue weighted by Crippen LogP contribution is 2.08. The second-order valence-electron chi connectivity index (χ2n) is 6.59. The van der Waals surface area contributed by atoms with E-state index in [1.807, 2.05) is 30.3 Å². The summed E-state index contributed by atoms with van der Waals surface area (Å²) in [5.41, 5.74) is -0.585. The number of hydrogen-bond acceptors (Lipinski definition) is 4. The van der Waals surface area contributed by atoms with Gasteiger partial charge in [0.05, 0.1) is 6.10 Å². The average Bonchev–Trinajstić information content (AvgIpc) is 2.65. The normalized spacial score (nSPS) is 14.7. The fourth-order valence-corrected chi connectivity index (χ4v) is 2.65. The maximum atomic E-state index is 12.2. The number of hydrogen-bond donors (Lipinski definition) is 3. The molecule has 0 spiro atoms. The van der Waals surface area contributed by atoms with Gasteiger partial charge in [0.15, 0.2) is 11.9 Å². The van der Waals surface area contributed by atoms with Gasteiger partial charge in [-0.05, 0) is 31.5 Å². The molecule has 2 atom stereocenters. The van der Waals surface area contributed by atoms with E-state index in [1.54, 1.807) is 6.08 Å². The predicted molar refractivity (Wildman–Crippen MR) is 105 cm³/mol. The van der Waals surface area contributed by atoms with Gasteiger partial charge in [-0.1, -0.05) is 69.4 Å². The number of carbonyl (C=O) groups is 2. The van der Waals surface area contributed by atoms with Gasteiger partial charge in [0.1, 0.15) is 0 Å². The van der Waals surface area contributed by atoms with Gasteiger partial charge in [0.25, 0.3) is 0 Å². The van der Waals surface area contributed by atoms with Gasteiger partial charge in [-0.3, -0.25) is 14.9 Å². The molecule has 1 aromatic rings. The van der Waals surface area contributed by atoms with Crippen molar-refractivity contribution in [3.05, 3.63) is 42.0 Å². The summed E-state index contributed by atoms with van der Waals surface area (Å²) in [7, 11) is 0. The zero-order valence-corrected chi connectivity index (χ0v) is 15.9. The van der Waals surface area contributed by atoms with Crippen molar-refractivity contribution in [1.29, 1.82) is 0 Å². The average molecular weight is 360 g/mol. The van der Waals surface area contributed by atoms with Crippen LogP contribution in [0.15, 0.2) is 36.4 Å². The highest BCUT2D eigenvalue weighted by molar-refractivity contribution is 5.94. The van der Waals surface area contributed by atoms with E-state index in [9.17, 15) is 14.7 Å². The lowest BCUT2D eigenvalue weighted by Crippen LogP contribution is -2.66. The monoisotopic (exact) mass is 360 g/mol. The lowest BCUT2D eigenvalue weighted by Gasteiger charge is -2.32. The SMILES string of the molecule is CCCCCCCCN[C@](C=O)(NC(=O)/C=C/c1ccccc1)[C@@H](C)O. The largest absolute Gasteiger partial charge is 0.389 e. The highest BCUT2D eigenvalue weighted by atomic mass is 16.3. The number of aliphatic hydroxyl groups is 1. The molecule has 3 N–H and O–H groups in total. The van der Waals surface area contributed by atoms with Gasteiger partial charge in [-0.25, -0.2) is 0 Å². The molecule has 1 rings (SSSR count). The summed E-state index contributed by atoms with van der Waals surface area (Å²) in [5.74, 6) is -0.433. The second kappa shape index (κ2) is 12.4. The number of aldehydes is 1. The smallest absolute Gasteiger partial charge is 0.245 e. The lowest BCUT2D eigenvalue weighted by molar-refractivity contribution is -0.128. The zero-order valence-electron chi connectivity index (χ0n) is 15.9. The molecular formula is C21H32N2O3. The molecule has 0 bridgehead atoms. The Labute approximate surface area is 156 Å². The maximum Gasteiger partial charge on any atom is 0.245 e. The van der Waals surface area contributed by atoms with Crippen molar-refractivity contribution in [2.24, 2.45) is 0 Å². The molecule has 0 saturated heterocycles. The van der Waals surface area contributed by atoms with Crippen LogP contribution in [0.5, 0.6) is 0 Å². The Hall–Kier alpha value is -1.98. The van der Waals surface area contributed by atoms with E-state index in [4.69, 9.17) is 0 Å². The molecule has 0 aliphatic rings. The van der Waals surface area contributed by atoms with Crippen molar-refractivity contribution in [2.45, 2.75) is 64.1 Å². The van der Waals surface area contributed by atoms with E-state index in [1.165, 1.54) is 32.3 Å². The fraction of sp³-hybridized carbons (Fsp3) is 0.524. The number of unbranched alkanes of at least 4 members (excludes halogenated alkanes) is 5. The summed E-state index contributed by atoms with van der Waals surface area (Å²) >= 11 is 0. The molecule has 0 unspecified atom stereocenters. The van der Waals surface area contributed by atoms with Gasteiger partial charge in [0, 0.05) is 6.08 Å². The number of aliphatic hydroxyl groups excluding tert-OH is 1. The van der Waals surface area contributed by atoms with Crippen molar-refractivity contribution in [2.75, 3.05) is 6.54 Å². The van der Waals surface area contributed by atoms with Crippen LogP contribution in [0.25, 0.3) is 6.08 Å². The maximum absolute atomic E-state index is 12.2. The molecule has 0 aromatic heterocycles. The number of carbonyl (C=O) groups excluding carboxylic acids is 2. The van der Waals surface area contributed by atoms with Crippen LogP contribution in [0.2, 0.25) is 0 Å². The minimum atomic E-state index is -1.47. The summed E-state index contributed by atoms with van der Waals surface area (Å²) in [6, 6.07) is 9.41. The summed E-state index contributed by atoms with van der Waals surface area (Å²) in [5, 5.41) is 15.7. The Bertz CT molecular complexity index is 558. The Morgan fingerprint density at radius 3 is 2.42 bits per heavy atom. The van der Waals surface area contributed by atoms with Crippen LogP contribution in [0, 0.1) is 0 Å². The molecule has 0 aliphatic carbocycles. The summed E-state index contributed by atoms with van der Waals surface area (Å²) in [6.45, 7) is 4.22. The highest BCUT2D eigenvalue weighted by Gasteiger charge is 2.35. The molecule has 0 saturated carbocycles. The number of rotatable bonds is 13. The number of benzene rings is 1. The van der Waals surface area contributed by atoms with Gasteiger partial charge in [-0.15, -0.1) is 0 Å². The predicted octanol–water partition coefficient (Wildman–Crippen LogP) is 3.04. The topological polar surface area (TPSA) is 78.4 Å². The van der Waals surface area contributed by atoms with Crippen LogP contribution >= 0.6 is 0 Å². The van der Waals surface area contributed by atoms with Crippen LogP contribution in [0.1, 0.15) is 57.9 Å². The second-order valence-corrected chi connectivity index (χ2v) is 6.59. The van der Waals surface area contributed by atoms with Crippen LogP contribution in [0.4, 0.5) is 0 Å². The van der Waals surface area contributed by atoms with E-state index in [2.05, 4.69) is 17.6 Å². The molecule has 1 aromatic carbocycles.